The van der Waals surface area contributed by atoms with Crippen molar-refractivity contribution in [3.8, 4) is 5.75 Å². The van der Waals surface area contributed by atoms with Gasteiger partial charge in [-0.3, -0.25) is 4.79 Å². The lowest BCUT2D eigenvalue weighted by molar-refractivity contribution is 0.101. The zero-order chi connectivity index (χ0) is 18.1. The van der Waals surface area contributed by atoms with Crippen molar-refractivity contribution in [2.45, 2.75) is 13.5 Å². The third-order valence-corrected chi connectivity index (χ3v) is 3.48. The van der Waals surface area contributed by atoms with Gasteiger partial charge in [-0.25, -0.2) is 4.79 Å². The summed E-state index contributed by atoms with van der Waals surface area (Å²) in [5.41, 5.74) is 2.20. The number of methoxy groups -OCH3 is 1. The van der Waals surface area contributed by atoms with Crippen molar-refractivity contribution >= 4 is 17.5 Å². The molecule has 2 N–H and O–H groups in total. The number of rotatable bonds is 8. The summed E-state index contributed by atoms with van der Waals surface area (Å²) in [6, 6.07) is 13.9. The van der Waals surface area contributed by atoms with Crippen LogP contribution in [0.2, 0.25) is 0 Å². The molecule has 6 nitrogen and oxygen atoms in total. The number of nitrogens with one attached hydrogen (secondary N) is 2. The van der Waals surface area contributed by atoms with Crippen LogP contribution in [0.5, 0.6) is 5.75 Å². The number of carbonyl (C=O) groups excluding carboxylic acids is 2. The highest BCUT2D eigenvalue weighted by atomic mass is 16.5. The topological polar surface area (TPSA) is 76.7 Å². The van der Waals surface area contributed by atoms with Gasteiger partial charge >= 0.3 is 6.03 Å². The van der Waals surface area contributed by atoms with Crippen LogP contribution in [-0.2, 0) is 11.3 Å². The Kier molecular flexibility index (Phi) is 6.98. The van der Waals surface area contributed by atoms with Crippen LogP contribution in [0.15, 0.2) is 48.5 Å². The molecule has 2 rings (SSSR count). The summed E-state index contributed by atoms with van der Waals surface area (Å²) < 4.78 is 10.4. The minimum absolute atomic E-state index is 0.00866. The molecule has 0 fully saturated rings. The molecule has 0 saturated heterocycles. The second-order valence-electron chi connectivity index (χ2n) is 5.43. The molecule has 2 amide bonds. The van der Waals surface area contributed by atoms with Gasteiger partial charge in [0, 0.05) is 24.9 Å². The molecule has 25 heavy (non-hydrogen) atoms. The van der Waals surface area contributed by atoms with Crippen molar-refractivity contribution in [3.63, 3.8) is 0 Å². The van der Waals surface area contributed by atoms with E-state index < -0.39 is 0 Å². The normalized spacial score (nSPS) is 10.2. The Morgan fingerprint density at radius 2 is 1.64 bits per heavy atom. The lowest BCUT2D eigenvalue weighted by Gasteiger charge is -2.09. The predicted molar refractivity (Wildman–Crippen MR) is 96.1 cm³/mol. The molecular formula is C19H22N2O4. The van der Waals surface area contributed by atoms with Gasteiger partial charge in [0.15, 0.2) is 5.78 Å². The van der Waals surface area contributed by atoms with Crippen LogP contribution in [0, 0.1) is 0 Å². The van der Waals surface area contributed by atoms with Crippen LogP contribution in [0.1, 0.15) is 22.8 Å². The Bertz CT molecular complexity index is 696. The maximum Gasteiger partial charge on any atom is 0.319 e. The molecule has 0 bridgehead atoms. The van der Waals surface area contributed by atoms with Gasteiger partial charge in [-0.1, -0.05) is 12.1 Å². The van der Waals surface area contributed by atoms with E-state index in [9.17, 15) is 9.59 Å². The van der Waals surface area contributed by atoms with E-state index in [4.69, 9.17) is 9.47 Å². The number of carbonyl (C=O) groups is 2. The SMILES string of the molecule is COCCOc1ccc(CNC(=O)Nc2ccc(C(C)=O)cc2)cc1. The number of anilines is 1. The highest BCUT2D eigenvalue weighted by Crippen LogP contribution is 2.12. The molecule has 0 aliphatic heterocycles. The van der Waals surface area contributed by atoms with Gasteiger partial charge in [0.05, 0.1) is 6.61 Å². The summed E-state index contributed by atoms with van der Waals surface area (Å²) >= 11 is 0. The summed E-state index contributed by atoms with van der Waals surface area (Å²) in [4.78, 5) is 23.1. The molecule has 0 radical (unpaired) electrons. The van der Waals surface area contributed by atoms with Crippen LogP contribution in [0.4, 0.5) is 10.5 Å². The number of hydrogen-bond donors (Lipinski definition) is 2. The number of urea groups is 1. The highest BCUT2D eigenvalue weighted by molar-refractivity contribution is 5.95. The van der Waals surface area contributed by atoms with Crippen LogP contribution in [-0.4, -0.2) is 32.1 Å². The maximum absolute atomic E-state index is 11.9. The number of ether oxygens (including phenoxy) is 2. The Morgan fingerprint density at radius 1 is 0.960 bits per heavy atom. The smallest absolute Gasteiger partial charge is 0.319 e. The van der Waals surface area contributed by atoms with Gasteiger partial charge < -0.3 is 20.1 Å². The minimum atomic E-state index is -0.309. The largest absolute Gasteiger partial charge is 0.491 e. The monoisotopic (exact) mass is 342 g/mol. The molecule has 0 aliphatic carbocycles. The minimum Gasteiger partial charge on any atom is -0.491 e. The van der Waals surface area contributed by atoms with Crippen molar-refractivity contribution in [1.82, 2.24) is 5.32 Å². The Morgan fingerprint density at radius 3 is 2.24 bits per heavy atom. The van der Waals surface area contributed by atoms with Gasteiger partial charge in [-0.2, -0.15) is 0 Å². The molecule has 0 heterocycles. The zero-order valence-corrected chi connectivity index (χ0v) is 14.4. The van der Waals surface area contributed by atoms with E-state index in [0.29, 0.717) is 31.0 Å². The number of hydrogen-bond acceptors (Lipinski definition) is 4. The second kappa shape index (κ2) is 9.44. The molecule has 6 heteroatoms. The summed E-state index contributed by atoms with van der Waals surface area (Å²) in [5.74, 6) is 0.751. The number of benzene rings is 2. The maximum atomic E-state index is 11.9. The Hall–Kier alpha value is -2.86. The summed E-state index contributed by atoms with van der Waals surface area (Å²) in [6.07, 6.45) is 0. The molecule has 0 aliphatic rings. The van der Waals surface area contributed by atoms with Crippen molar-refractivity contribution in [2.75, 3.05) is 25.6 Å². The van der Waals surface area contributed by atoms with E-state index >= 15 is 0 Å². The lowest BCUT2D eigenvalue weighted by Crippen LogP contribution is -2.28. The fourth-order valence-electron chi connectivity index (χ4n) is 2.09. The summed E-state index contributed by atoms with van der Waals surface area (Å²) in [7, 11) is 1.63. The van der Waals surface area contributed by atoms with Crippen molar-refractivity contribution < 1.29 is 19.1 Å². The molecule has 2 aromatic rings. The van der Waals surface area contributed by atoms with E-state index in [1.165, 1.54) is 6.92 Å². The fraction of sp³-hybridized carbons (Fsp3) is 0.263. The summed E-state index contributed by atoms with van der Waals surface area (Å²) in [5, 5.41) is 5.50. The fourth-order valence-corrected chi connectivity index (χ4v) is 2.09. The van der Waals surface area contributed by atoms with Gasteiger partial charge in [-0.05, 0) is 48.9 Å². The second-order valence-corrected chi connectivity index (χ2v) is 5.43. The average Bonchev–Trinajstić information content (AvgIpc) is 2.62. The van der Waals surface area contributed by atoms with Crippen LogP contribution in [0.3, 0.4) is 0 Å². The zero-order valence-electron chi connectivity index (χ0n) is 14.4. The van der Waals surface area contributed by atoms with Crippen molar-refractivity contribution in [3.05, 3.63) is 59.7 Å². The lowest BCUT2D eigenvalue weighted by atomic mass is 10.1. The van der Waals surface area contributed by atoms with E-state index in [0.717, 1.165) is 11.3 Å². The molecular weight excluding hydrogens is 320 g/mol. The standard InChI is InChI=1S/C19H22N2O4/c1-14(22)16-5-7-17(8-6-16)21-19(23)20-13-15-3-9-18(10-4-15)25-12-11-24-2/h3-10H,11-13H2,1-2H3,(H2,20,21,23). The number of ketones is 1. The predicted octanol–water partition coefficient (Wildman–Crippen LogP) is 3.24. The van der Waals surface area contributed by atoms with Crippen LogP contribution < -0.4 is 15.4 Å². The van der Waals surface area contributed by atoms with Gasteiger partial charge in [0.25, 0.3) is 0 Å². The first kappa shape index (κ1) is 18.5. The summed E-state index contributed by atoms with van der Waals surface area (Å²) in [6.45, 7) is 2.94. The molecule has 0 saturated carbocycles. The van der Waals surface area contributed by atoms with E-state index in [2.05, 4.69) is 10.6 Å². The number of amides is 2. The molecule has 0 unspecified atom stereocenters. The molecule has 132 valence electrons. The van der Waals surface area contributed by atoms with E-state index in [1.54, 1.807) is 31.4 Å². The Balaban J connectivity index is 1.78. The van der Waals surface area contributed by atoms with Gasteiger partial charge in [0.2, 0.25) is 0 Å². The first-order valence-corrected chi connectivity index (χ1v) is 7.95. The average molecular weight is 342 g/mol. The van der Waals surface area contributed by atoms with Gasteiger partial charge in [0.1, 0.15) is 12.4 Å². The molecule has 0 spiro atoms. The molecule has 0 atom stereocenters. The number of Topliss-reactive ketones (excluding diaryl/α,β-unsaturated/α-hetero) is 1. The Labute approximate surface area is 147 Å². The van der Waals surface area contributed by atoms with Crippen LogP contribution in [0.25, 0.3) is 0 Å². The third kappa shape index (κ3) is 6.27. The molecule has 2 aromatic carbocycles. The third-order valence-electron chi connectivity index (χ3n) is 3.48. The van der Waals surface area contributed by atoms with Crippen molar-refractivity contribution in [2.24, 2.45) is 0 Å². The van der Waals surface area contributed by atoms with Crippen molar-refractivity contribution in [1.29, 1.82) is 0 Å². The van der Waals surface area contributed by atoms with Gasteiger partial charge in [-0.15, -0.1) is 0 Å². The highest BCUT2D eigenvalue weighted by Gasteiger charge is 2.04. The first-order chi connectivity index (χ1) is 12.1. The first-order valence-electron chi connectivity index (χ1n) is 7.95. The van der Waals surface area contributed by atoms with E-state index in [1.807, 2.05) is 24.3 Å². The van der Waals surface area contributed by atoms with Crippen LogP contribution >= 0.6 is 0 Å². The molecule has 0 aromatic heterocycles. The quantitative estimate of drug-likeness (QED) is 0.570. The van der Waals surface area contributed by atoms with E-state index in [-0.39, 0.29) is 11.8 Å².